The Morgan fingerprint density at radius 3 is 3.00 bits per heavy atom. The van der Waals surface area contributed by atoms with Crippen LogP contribution in [0.25, 0.3) is 0 Å². The lowest BCUT2D eigenvalue weighted by molar-refractivity contribution is -0.121. The number of nitrogens with zero attached hydrogens (tertiary/aromatic N) is 4. The molecule has 124 valence electrons. The monoisotopic (exact) mass is 317 g/mol. The van der Waals surface area contributed by atoms with Crippen molar-refractivity contribution in [3.05, 3.63) is 29.8 Å². The van der Waals surface area contributed by atoms with Gasteiger partial charge in [-0.05, 0) is 45.7 Å². The first-order chi connectivity index (χ1) is 11.0. The molecule has 0 aromatic carbocycles. The van der Waals surface area contributed by atoms with Crippen LogP contribution in [0.1, 0.15) is 31.1 Å². The molecule has 1 N–H and O–H groups in total. The first kappa shape index (κ1) is 15.7. The van der Waals surface area contributed by atoms with Gasteiger partial charge in [0, 0.05) is 18.3 Å². The molecule has 1 saturated heterocycles. The van der Waals surface area contributed by atoms with E-state index in [4.69, 9.17) is 4.52 Å². The molecule has 2 atom stereocenters. The molecule has 0 aliphatic carbocycles. The van der Waals surface area contributed by atoms with E-state index in [-0.39, 0.29) is 11.9 Å². The summed E-state index contributed by atoms with van der Waals surface area (Å²) < 4.78 is 6.95. The van der Waals surface area contributed by atoms with Crippen LogP contribution in [0.2, 0.25) is 0 Å². The smallest absolute Gasteiger partial charge is 0.242 e. The average Bonchev–Trinajstić information content (AvgIpc) is 3.22. The van der Waals surface area contributed by atoms with Crippen molar-refractivity contribution < 1.29 is 9.32 Å². The first-order valence-corrected chi connectivity index (χ1v) is 8.02. The van der Waals surface area contributed by atoms with Crippen molar-refractivity contribution in [1.29, 1.82) is 0 Å². The molecule has 2 aromatic heterocycles. The number of aryl methyl sites for hydroxylation is 2. The zero-order valence-corrected chi connectivity index (χ0v) is 13.8. The number of aromatic nitrogens is 3. The van der Waals surface area contributed by atoms with Gasteiger partial charge in [-0.3, -0.25) is 14.4 Å². The third kappa shape index (κ3) is 3.61. The van der Waals surface area contributed by atoms with E-state index < -0.39 is 0 Å². The first-order valence-electron chi connectivity index (χ1n) is 8.02. The van der Waals surface area contributed by atoms with Crippen LogP contribution in [0.3, 0.4) is 0 Å². The summed E-state index contributed by atoms with van der Waals surface area (Å²) in [5.74, 6) is 1.10. The van der Waals surface area contributed by atoms with E-state index in [2.05, 4.69) is 20.5 Å². The minimum Gasteiger partial charge on any atom is -0.360 e. The fraction of sp³-hybridized carbons (Fsp3) is 0.562. The Balaban J connectivity index is 1.62. The second kappa shape index (κ2) is 6.54. The van der Waals surface area contributed by atoms with Crippen LogP contribution in [-0.2, 0) is 11.3 Å². The van der Waals surface area contributed by atoms with Crippen molar-refractivity contribution in [1.82, 2.24) is 19.8 Å². The zero-order valence-electron chi connectivity index (χ0n) is 13.8. The van der Waals surface area contributed by atoms with Gasteiger partial charge in [-0.1, -0.05) is 5.16 Å². The van der Waals surface area contributed by atoms with Crippen molar-refractivity contribution in [2.45, 2.75) is 52.2 Å². The van der Waals surface area contributed by atoms with E-state index in [0.29, 0.717) is 17.6 Å². The van der Waals surface area contributed by atoms with E-state index in [1.807, 2.05) is 30.9 Å². The van der Waals surface area contributed by atoms with E-state index in [1.165, 1.54) is 0 Å². The quantitative estimate of drug-likeness (QED) is 0.912. The van der Waals surface area contributed by atoms with Crippen molar-refractivity contribution in [3.8, 4) is 0 Å². The molecule has 1 aliphatic rings. The Morgan fingerprint density at radius 1 is 1.52 bits per heavy atom. The van der Waals surface area contributed by atoms with Gasteiger partial charge < -0.3 is 9.84 Å². The van der Waals surface area contributed by atoms with Crippen molar-refractivity contribution in [3.63, 3.8) is 0 Å². The van der Waals surface area contributed by atoms with E-state index in [9.17, 15) is 4.79 Å². The minimum atomic E-state index is -0.212. The molecule has 1 amide bonds. The Kier molecular flexibility index (Phi) is 4.47. The van der Waals surface area contributed by atoms with Crippen molar-refractivity contribution in [2.24, 2.45) is 0 Å². The number of anilines is 1. The molecule has 23 heavy (non-hydrogen) atoms. The number of rotatable bonds is 5. The van der Waals surface area contributed by atoms with Gasteiger partial charge in [-0.15, -0.1) is 0 Å². The molecule has 3 rings (SSSR count). The molecule has 0 spiro atoms. The second-order valence-electron chi connectivity index (χ2n) is 6.26. The molecule has 2 aromatic rings. The Labute approximate surface area is 135 Å². The maximum Gasteiger partial charge on any atom is 0.242 e. The van der Waals surface area contributed by atoms with Crippen LogP contribution in [0.15, 0.2) is 23.0 Å². The standard InChI is InChI=1S/C16H23N5O2/c1-11-8-17-20(9-11)10-14-5-4-6-21(14)13(3)16(22)18-15-7-12(2)23-19-15/h7-9,13-14H,4-6,10H2,1-3H3,(H,18,19,22)/t13-,14-/m0/s1. The van der Waals surface area contributed by atoms with Gasteiger partial charge in [0.1, 0.15) is 5.76 Å². The number of carbonyl (C=O) groups excluding carboxylic acids is 1. The van der Waals surface area contributed by atoms with Gasteiger partial charge >= 0.3 is 0 Å². The molecular weight excluding hydrogens is 294 g/mol. The lowest BCUT2D eigenvalue weighted by Gasteiger charge is -2.29. The zero-order chi connectivity index (χ0) is 16.4. The van der Waals surface area contributed by atoms with Crippen molar-refractivity contribution >= 4 is 11.7 Å². The highest BCUT2D eigenvalue weighted by molar-refractivity contribution is 5.93. The van der Waals surface area contributed by atoms with Gasteiger partial charge in [0.05, 0.1) is 18.8 Å². The molecular formula is C16H23N5O2. The molecule has 0 unspecified atom stereocenters. The fourth-order valence-corrected chi connectivity index (χ4v) is 3.15. The highest BCUT2D eigenvalue weighted by Crippen LogP contribution is 2.22. The summed E-state index contributed by atoms with van der Waals surface area (Å²) >= 11 is 0. The van der Waals surface area contributed by atoms with E-state index in [1.54, 1.807) is 13.0 Å². The summed E-state index contributed by atoms with van der Waals surface area (Å²) in [6.45, 7) is 7.52. The normalized spacial score (nSPS) is 19.9. The topological polar surface area (TPSA) is 76.2 Å². The number of carbonyl (C=O) groups is 1. The Hall–Kier alpha value is -2.15. The Morgan fingerprint density at radius 2 is 2.35 bits per heavy atom. The van der Waals surface area contributed by atoms with Gasteiger partial charge in [0.25, 0.3) is 0 Å². The summed E-state index contributed by atoms with van der Waals surface area (Å²) in [6, 6.07) is 1.84. The molecule has 1 aliphatic heterocycles. The molecule has 0 bridgehead atoms. The summed E-state index contributed by atoms with van der Waals surface area (Å²) in [5, 5.41) is 11.0. The maximum atomic E-state index is 12.5. The maximum absolute atomic E-state index is 12.5. The minimum absolute atomic E-state index is 0.0538. The lowest BCUT2D eigenvalue weighted by Crippen LogP contribution is -2.46. The lowest BCUT2D eigenvalue weighted by atomic mass is 10.2. The summed E-state index contributed by atoms with van der Waals surface area (Å²) in [5.41, 5.74) is 1.15. The third-order valence-electron chi connectivity index (χ3n) is 4.34. The highest BCUT2D eigenvalue weighted by Gasteiger charge is 2.32. The Bertz CT molecular complexity index is 678. The number of nitrogens with one attached hydrogen (secondary N) is 1. The van der Waals surface area contributed by atoms with Crippen LogP contribution < -0.4 is 5.32 Å². The van der Waals surface area contributed by atoms with Gasteiger partial charge in [-0.2, -0.15) is 5.10 Å². The predicted octanol–water partition coefficient (Wildman–Crippen LogP) is 1.98. The number of hydrogen-bond donors (Lipinski definition) is 1. The van der Waals surface area contributed by atoms with Crippen LogP contribution >= 0.6 is 0 Å². The molecule has 0 radical (unpaired) electrons. The summed E-state index contributed by atoms with van der Waals surface area (Å²) in [6.07, 6.45) is 6.09. The third-order valence-corrected chi connectivity index (χ3v) is 4.34. The molecule has 1 fully saturated rings. The van der Waals surface area contributed by atoms with E-state index in [0.717, 1.165) is 31.5 Å². The van der Waals surface area contributed by atoms with Crippen molar-refractivity contribution in [2.75, 3.05) is 11.9 Å². The summed E-state index contributed by atoms with van der Waals surface area (Å²) in [4.78, 5) is 14.7. The number of likely N-dealkylation sites (tertiary alicyclic amines) is 1. The molecule has 7 heteroatoms. The largest absolute Gasteiger partial charge is 0.360 e. The van der Waals surface area contributed by atoms with Gasteiger partial charge in [0.2, 0.25) is 5.91 Å². The average molecular weight is 317 g/mol. The molecule has 0 saturated carbocycles. The second-order valence-corrected chi connectivity index (χ2v) is 6.26. The predicted molar refractivity (Wildman–Crippen MR) is 86.0 cm³/mol. The van der Waals surface area contributed by atoms with Crippen LogP contribution in [0.4, 0.5) is 5.82 Å². The van der Waals surface area contributed by atoms with Gasteiger partial charge in [0.15, 0.2) is 5.82 Å². The summed E-state index contributed by atoms with van der Waals surface area (Å²) in [7, 11) is 0. The van der Waals surface area contributed by atoms with E-state index >= 15 is 0 Å². The van der Waals surface area contributed by atoms with Crippen LogP contribution in [0.5, 0.6) is 0 Å². The number of amides is 1. The molecule has 3 heterocycles. The van der Waals surface area contributed by atoms with Crippen LogP contribution in [0, 0.1) is 13.8 Å². The number of hydrogen-bond acceptors (Lipinski definition) is 5. The fourth-order valence-electron chi connectivity index (χ4n) is 3.15. The van der Waals surface area contributed by atoms with Gasteiger partial charge in [-0.25, -0.2) is 0 Å². The SMILES string of the molecule is Cc1cnn(C[C@@H]2CCCN2[C@@H](C)C(=O)Nc2cc(C)on2)c1. The molecule has 7 nitrogen and oxygen atoms in total. The highest BCUT2D eigenvalue weighted by atomic mass is 16.5. The van der Waals surface area contributed by atoms with Crippen LogP contribution in [-0.4, -0.2) is 44.4 Å².